The van der Waals surface area contributed by atoms with Gasteiger partial charge in [0.1, 0.15) is 0 Å². The molecular formula is C11H16ClN3O. The molecule has 1 aromatic rings. The molecule has 0 heterocycles. The van der Waals surface area contributed by atoms with E-state index in [1.54, 1.807) is 0 Å². The van der Waals surface area contributed by atoms with E-state index in [1.807, 2.05) is 24.3 Å². The molecule has 1 fully saturated rings. The maximum atomic E-state index is 11.4. The molecule has 1 aliphatic rings. The van der Waals surface area contributed by atoms with Crippen molar-refractivity contribution in [2.45, 2.75) is 25.4 Å². The standard InChI is InChI=1S/C11H15N3O.ClH/c12-7-8-1-3-9(4-2-8)13-11(15)14-10-5-6-10;/h1-4,10H,5-7,12H2,(H2,13,14,15);1H. The zero-order valence-corrected chi connectivity index (χ0v) is 9.72. The molecule has 2 amide bonds. The first kappa shape index (κ1) is 12.8. The number of nitrogens with two attached hydrogens (primary N) is 1. The highest BCUT2D eigenvalue weighted by Crippen LogP contribution is 2.18. The van der Waals surface area contributed by atoms with Gasteiger partial charge in [0.2, 0.25) is 0 Å². The van der Waals surface area contributed by atoms with Gasteiger partial charge in [-0.15, -0.1) is 12.4 Å². The SMILES string of the molecule is Cl.NCc1ccc(NC(=O)NC2CC2)cc1. The summed E-state index contributed by atoms with van der Waals surface area (Å²) in [7, 11) is 0. The van der Waals surface area contributed by atoms with E-state index in [9.17, 15) is 4.79 Å². The lowest BCUT2D eigenvalue weighted by atomic mass is 10.2. The summed E-state index contributed by atoms with van der Waals surface area (Å²) in [6.07, 6.45) is 2.19. The minimum Gasteiger partial charge on any atom is -0.335 e. The minimum atomic E-state index is -0.127. The Morgan fingerprint density at radius 1 is 1.31 bits per heavy atom. The maximum absolute atomic E-state index is 11.4. The average Bonchev–Trinajstić information content (AvgIpc) is 3.03. The predicted molar refractivity (Wildman–Crippen MR) is 66.8 cm³/mol. The summed E-state index contributed by atoms with van der Waals surface area (Å²) in [5.74, 6) is 0. The van der Waals surface area contributed by atoms with Crippen LogP contribution >= 0.6 is 12.4 Å². The summed E-state index contributed by atoms with van der Waals surface area (Å²) < 4.78 is 0. The van der Waals surface area contributed by atoms with Crippen molar-refractivity contribution < 1.29 is 4.79 Å². The number of carbonyl (C=O) groups is 1. The van der Waals surface area contributed by atoms with Crippen LogP contribution in [0.25, 0.3) is 0 Å². The van der Waals surface area contributed by atoms with Crippen molar-refractivity contribution in [3.63, 3.8) is 0 Å². The second-order valence-corrected chi connectivity index (χ2v) is 3.77. The Hall–Kier alpha value is -1.26. The van der Waals surface area contributed by atoms with Crippen LogP contribution in [0.4, 0.5) is 10.5 Å². The first-order valence-electron chi connectivity index (χ1n) is 5.14. The number of hydrogen-bond donors (Lipinski definition) is 3. The number of hydrogen-bond acceptors (Lipinski definition) is 2. The van der Waals surface area contributed by atoms with Gasteiger partial charge in [-0.3, -0.25) is 0 Å². The largest absolute Gasteiger partial charge is 0.335 e. The lowest BCUT2D eigenvalue weighted by Crippen LogP contribution is -2.30. The molecule has 88 valence electrons. The molecule has 0 bridgehead atoms. The van der Waals surface area contributed by atoms with Crippen molar-refractivity contribution in [2.24, 2.45) is 5.73 Å². The minimum absolute atomic E-state index is 0. The molecule has 2 rings (SSSR count). The van der Waals surface area contributed by atoms with E-state index in [1.165, 1.54) is 0 Å². The first-order valence-corrected chi connectivity index (χ1v) is 5.14. The van der Waals surface area contributed by atoms with Crippen LogP contribution in [0.15, 0.2) is 24.3 Å². The molecule has 0 aliphatic heterocycles. The highest BCUT2D eigenvalue weighted by molar-refractivity contribution is 5.89. The molecule has 4 N–H and O–H groups in total. The van der Waals surface area contributed by atoms with Gasteiger partial charge in [-0.1, -0.05) is 12.1 Å². The molecular weight excluding hydrogens is 226 g/mol. The third-order valence-corrected chi connectivity index (χ3v) is 2.36. The van der Waals surface area contributed by atoms with Crippen molar-refractivity contribution >= 4 is 24.1 Å². The van der Waals surface area contributed by atoms with Crippen molar-refractivity contribution in [1.29, 1.82) is 0 Å². The van der Waals surface area contributed by atoms with Gasteiger partial charge in [0.25, 0.3) is 0 Å². The quantitative estimate of drug-likeness (QED) is 0.756. The Balaban J connectivity index is 0.00000128. The highest BCUT2D eigenvalue weighted by atomic mass is 35.5. The van der Waals surface area contributed by atoms with Crippen molar-refractivity contribution in [3.05, 3.63) is 29.8 Å². The third kappa shape index (κ3) is 3.72. The zero-order valence-electron chi connectivity index (χ0n) is 8.90. The average molecular weight is 242 g/mol. The Morgan fingerprint density at radius 3 is 2.44 bits per heavy atom. The van der Waals surface area contributed by atoms with Crippen LogP contribution in [-0.2, 0) is 6.54 Å². The lowest BCUT2D eigenvalue weighted by molar-refractivity contribution is 0.251. The van der Waals surface area contributed by atoms with E-state index in [2.05, 4.69) is 10.6 Å². The second kappa shape index (κ2) is 5.72. The van der Waals surface area contributed by atoms with Crippen LogP contribution in [0.5, 0.6) is 0 Å². The smallest absolute Gasteiger partial charge is 0.319 e. The molecule has 1 aromatic carbocycles. The van der Waals surface area contributed by atoms with E-state index in [4.69, 9.17) is 5.73 Å². The van der Waals surface area contributed by atoms with Gasteiger partial charge in [0, 0.05) is 18.3 Å². The number of urea groups is 1. The number of carbonyl (C=O) groups excluding carboxylic acids is 1. The Morgan fingerprint density at radius 2 is 1.94 bits per heavy atom. The van der Waals surface area contributed by atoms with Gasteiger partial charge in [0.05, 0.1) is 0 Å². The van der Waals surface area contributed by atoms with Crippen molar-refractivity contribution in [1.82, 2.24) is 5.32 Å². The molecule has 4 nitrogen and oxygen atoms in total. The van der Waals surface area contributed by atoms with E-state index in [0.717, 1.165) is 24.1 Å². The molecule has 5 heteroatoms. The Labute approximate surface area is 101 Å². The van der Waals surface area contributed by atoms with Crippen LogP contribution in [0.2, 0.25) is 0 Å². The normalized spacial score (nSPS) is 13.8. The van der Waals surface area contributed by atoms with E-state index >= 15 is 0 Å². The van der Waals surface area contributed by atoms with Crippen LogP contribution in [-0.4, -0.2) is 12.1 Å². The number of anilines is 1. The monoisotopic (exact) mass is 241 g/mol. The summed E-state index contributed by atoms with van der Waals surface area (Å²) in [6.45, 7) is 0.522. The van der Waals surface area contributed by atoms with Gasteiger partial charge in [0.15, 0.2) is 0 Å². The summed E-state index contributed by atoms with van der Waals surface area (Å²) in [5.41, 5.74) is 7.33. The van der Waals surface area contributed by atoms with Crippen molar-refractivity contribution in [3.8, 4) is 0 Å². The van der Waals surface area contributed by atoms with Gasteiger partial charge < -0.3 is 16.4 Å². The predicted octanol–water partition coefficient (Wildman–Crippen LogP) is 1.85. The highest BCUT2D eigenvalue weighted by Gasteiger charge is 2.22. The number of rotatable bonds is 3. The fourth-order valence-corrected chi connectivity index (χ4v) is 1.30. The molecule has 0 aromatic heterocycles. The number of amides is 2. The van der Waals surface area contributed by atoms with Gasteiger partial charge in [-0.25, -0.2) is 4.79 Å². The number of benzene rings is 1. The van der Waals surface area contributed by atoms with Gasteiger partial charge >= 0.3 is 6.03 Å². The molecule has 0 unspecified atom stereocenters. The Bertz CT molecular complexity index is 349. The molecule has 0 spiro atoms. The zero-order chi connectivity index (χ0) is 10.7. The second-order valence-electron chi connectivity index (χ2n) is 3.77. The molecule has 0 radical (unpaired) electrons. The number of halogens is 1. The van der Waals surface area contributed by atoms with E-state index in [-0.39, 0.29) is 18.4 Å². The van der Waals surface area contributed by atoms with E-state index < -0.39 is 0 Å². The van der Waals surface area contributed by atoms with Crippen LogP contribution in [0.1, 0.15) is 18.4 Å². The number of nitrogens with one attached hydrogen (secondary N) is 2. The van der Waals surface area contributed by atoms with E-state index in [0.29, 0.717) is 12.6 Å². The van der Waals surface area contributed by atoms with Crippen LogP contribution < -0.4 is 16.4 Å². The van der Waals surface area contributed by atoms with Gasteiger partial charge in [-0.2, -0.15) is 0 Å². The maximum Gasteiger partial charge on any atom is 0.319 e. The van der Waals surface area contributed by atoms with Crippen LogP contribution in [0.3, 0.4) is 0 Å². The topological polar surface area (TPSA) is 67.1 Å². The fraction of sp³-hybridized carbons (Fsp3) is 0.364. The Kier molecular flexibility index (Phi) is 4.58. The summed E-state index contributed by atoms with van der Waals surface area (Å²) >= 11 is 0. The summed E-state index contributed by atoms with van der Waals surface area (Å²) in [5, 5.41) is 5.63. The van der Waals surface area contributed by atoms with Gasteiger partial charge in [-0.05, 0) is 30.5 Å². The van der Waals surface area contributed by atoms with Crippen LogP contribution in [0, 0.1) is 0 Å². The molecule has 0 atom stereocenters. The van der Waals surface area contributed by atoms with Crippen molar-refractivity contribution in [2.75, 3.05) is 5.32 Å². The molecule has 1 saturated carbocycles. The summed E-state index contributed by atoms with van der Waals surface area (Å²) in [6, 6.07) is 7.79. The molecule has 16 heavy (non-hydrogen) atoms. The lowest BCUT2D eigenvalue weighted by Gasteiger charge is -2.06. The molecule has 1 aliphatic carbocycles. The summed E-state index contributed by atoms with van der Waals surface area (Å²) in [4.78, 5) is 11.4. The third-order valence-electron chi connectivity index (χ3n) is 2.36. The fourth-order valence-electron chi connectivity index (χ4n) is 1.30. The first-order chi connectivity index (χ1) is 7.28. The molecule has 0 saturated heterocycles.